The Kier molecular flexibility index (Phi) is 10.0. The first-order chi connectivity index (χ1) is 40.5. The Labute approximate surface area is 471 Å². The molecule has 17 rings (SSSR count). The van der Waals surface area contributed by atoms with Crippen LogP contribution in [0.2, 0.25) is 0 Å². The standard InChI is InChI=1S/C76H50N4O2/c1-47-19-9-13-29-64(47)77(68-33-17-27-59-57-25-11-15-31-66(57)79(74(59)68)53-21-5-3-6-22-53)55-37-35-49-43-62-61-39-40-70-73(76(61)82-71(62)45-51(49)41-55)63-44-50-36-38-56(42-52(50)46-72(63)81-70)78(65-30-14-10-20-48(65)2)69-34-18-28-60-58-26-12-16-32-67(58)80(75(60)69)54-23-7-4-8-24-54/h3-46H,1-2H3. The minimum absolute atomic E-state index is 0.793. The summed E-state index contributed by atoms with van der Waals surface area (Å²) in [5.41, 5.74) is 19.0. The van der Waals surface area contributed by atoms with Gasteiger partial charge in [-0.3, -0.25) is 0 Å². The topological polar surface area (TPSA) is 42.6 Å². The lowest BCUT2D eigenvalue weighted by atomic mass is 10.0. The zero-order chi connectivity index (χ0) is 54.2. The van der Waals surface area contributed by atoms with Gasteiger partial charge in [0.25, 0.3) is 0 Å². The molecule has 0 unspecified atom stereocenters. The van der Waals surface area contributed by atoms with Gasteiger partial charge in [0.1, 0.15) is 22.3 Å². The molecule has 0 amide bonds. The lowest BCUT2D eigenvalue weighted by molar-refractivity contribution is 0.663. The fourth-order valence-corrected chi connectivity index (χ4v) is 13.3. The van der Waals surface area contributed by atoms with Gasteiger partial charge in [-0.05, 0) is 168 Å². The van der Waals surface area contributed by atoms with Gasteiger partial charge in [0.05, 0.1) is 38.8 Å². The molecule has 4 heterocycles. The van der Waals surface area contributed by atoms with Crippen LogP contribution in [0, 0.1) is 13.8 Å². The number of aromatic nitrogens is 2. The van der Waals surface area contributed by atoms with E-state index in [2.05, 4.69) is 300 Å². The quantitative estimate of drug-likeness (QED) is 0.152. The van der Waals surface area contributed by atoms with E-state index in [1.54, 1.807) is 0 Å². The normalized spacial score (nSPS) is 12.0. The van der Waals surface area contributed by atoms with Gasteiger partial charge in [-0.25, -0.2) is 0 Å². The summed E-state index contributed by atoms with van der Waals surface area (Å²) in [7, 11) is 0. The van der Waals surface area contributed by atoms with E-state index in [9.17, 15) is 0 Å². The van der Waals surface area contributed by atoms with Gasteiger partial charge in [-0.15, -0.1) is 0 Å². The Balaban J connectivity index is 0.812. The average molecular weight is 1050 g/mol. The van der Waals surface area contributed by atoms with Gasteiger partial charge >= 0.3 is 0 Å². The molecule has 0 fully saturated rings. The summed E-state index contributed by atoms with van der Waals surface area (Å²) in [6.07, 6.45) is 0. The summed E-state index contributed by atoms with van der Waals surface area (Å²) in [5.74, 6) is 0. The molecule has 0 aliphatic carbocycles. The molecule has 4 aromatic heterocycles. The molecule has 17 aromatic rings. The van der Waals surface area contributed by atoms with Crippen molar-refractivity contribution < 1.29 is 8.83 Å². The summed E-state index contributed by atoms with van der Waals surface area (Å²) in [6, 6.07) is 96.6. The highest BCUT2D eigenvalue weighted by Gasteiger charge is 2.26. The van der Waals surface area contributed by atoms with Crippen LogP contribution in [0.4, 0.5) is 34.1 Å². The Bertz CT molecular complexity index is 5450. The summed E-state index contributed by atoms with van der Waals surface area (Å²) in [5, 5.41) is 13.4. The second kappa shape index (κ2) is 17.8. The molecular weight excluding hydrogens is 1000 g/mol. The predicted octanol–water partition coefficient (Wildman–Crippen LogP) is 21.5. The van der Waals surface area contributed by atoms with Crippen molar-refractivity contribution in [2.75, 3.05) is 9.80 Å². The lowest BCUT2D eigenvalue weighted by Crippen LogP contribution is -2.13. The van der Waals surface area contributed by atoms with E-state index in [-0.39, 0.29) is 0 Å². The largest absolute Gasteiger partial charge is 0.456 e. The average Bonchev–Trinajstić information content (AvgIpc) is 4.23. The molecule has 6 heteroatoms. The number of nitrogens with zero attached hydrogens (tertiary/aromatic N) is 4. The van der Waals surface area contributed by atoms with Crippen LogP contribution in [-0.2, 0) is 0 Å². The summed E-state index contributed by atoms with van der Waals surface area (Å²) in [6.45, 7) is 4.40. The lowest BCUT2D eigenvalue weighted by Gasteiger charge is -2.28. The molecule has 0 saturated carbocycles. The van der Waals surface area contributed by atoms with Crippen LogP contribution in [0.3, 0.4) is 0 Å². The van der Waals surface area contributed by atoms with Crippen LogP contribution in [0.5, 0.6) is 0 Å². The van der Waals surface area contributed by atoms with Crippen molar-refractivity contribution in [1.82, 2.24) is 9.13 Å². The molecule has 0 atom stereocenters. The van der Waals surface area contributed by atoms with Crippen molar-refractivity contribution in [2.24, 2.45) is 0 Å². The van der Waals surface area contributed by atoms with Crippen molar-refractivity contribution in [1.29, 1.82) is 0 Å². The van der Waals surface area contributed by atoms with Gasteiger partial charge in [-0.1, -0.05) is 146 Å². The predicted molar refractivity (Wildman–Crippen MR) is 344 cm³/mol. The fraction of sp³-hybridized carbons (Fsp3) is 0.0263. The third kappa shape index (κ3) is 6.88. The first kappa shape index (κ1) is 46.1. The van der Waals surface area contributed by atoms with Crippen LogP contribution >= 0.6 is 0 Å². The molecule has 0 aliphatic rings. The molecular formula is C76H50N4O2. The number of benzene rings is 13. The molecule has 0 radical (unpaired) electrons. The second-order valence-electron chi connectivity index (χ2n) is 21.7. The maximum Gasteiger partial charge on any atom is 0.147 e. The number of hydrogen-bond acceptors (Lipinski definition) is 4. The Morgan fingerprint density at radius 1 is 0.293 bits per heavy atom. The molecule has 0 saturated heterocycles. The van der Waals surface area contributed by atoms with Crippen molar-refractivity contribution >= 4 is 143 Å². The molecule has 6 nitrogen and oxygen atoms in total. The zero-order valence-electron chi connectivity index (χ0n) is 45.0. The van der Waals surface area contributed by atoms with Crippen molar-refractivity contribution in [3.8, 4) is 11.4 Å². The van der Waals surface area contributed by atoms with Crippen molar-refractivity contribution in [3.05, 3.63) is 278 Å². The molecule has 0 spiro atoms. The Hall–Kier alpha value is -10.8. The minimum atomic E-state index is 0.793. The smallest absolute Gasteiger partial charge is 0.147 e. The van der Waals surface area contributed by atoms with E-state index in [0.717, 1.165) is 122 Å². The maximum absolute atomic E-state index is 7.07. The van der Waals surface area contributed by atoms with E-state index in [4.69, 9.17) is 8.83 Å². The number of furan rings is 2. The molecule has 82 heavy (non-hydrogen) atoms. The number of rotatable bonds is 8. The molecule has 0 N–H and O–H groups in total. The van der Waals surface area contributed by atoms with E-state index in [1.807, 2.05) is 0 Å². The van der Waals surface area contributed by atoms with Gasteiger partial charge in [0.2, 0.25) is 0 Å². The molecule has 386 valence electrons. The summed E-state index contributed by atoms with van der Waals surface area (Å²) < 4.78 is 18.7. The first-order valence-electron chi connectivity index (χ1n) is 28.1. The summed E-state index contributed by atoms with van der Waals surface area (Å²) in [4.78, 5) is 4.86. The number of aryl methyl sites for hydroxylation is 2. The van der Waals surface area contributed by atoms with Crippen LogP contribution in [0.15, 0.2) is 276 Å². The van der Waals surface area contributed by atoms with E-state index in [1.165, 1.54) is 43.7 Å². The number of hydrogen-bond donors (Lipinski definition) is 0. The van der Waals surface area contributed by atoms with Gasteiger partial charge < -0.3 is 27.8 Å². The van der Waals surface area contributed by atoms with E-state index >= 15 is 0 Å². The highest BCUT2D eigenvalue weighted by atomic mass is 16.3. The first-order valence-corrected chi connectivity index (χ1v) is 28.1. The second-order valence-corrected chi connectivity index (χ2v) is 21.7. The van der Waals surface area contributed by atoms with E-state index < -0.39 is 0 Å². The molecule has 0 aliphatic heterocycles. The fourth-order valence-electron chi connectivity index (χ4n) is 13.3. The van der Waals surface area contributed by atoms with Crippen LogP contribution in [-0.4, -0.2) is 9.13 Å². The Morgan fingerprint density at radius 2 is 0.744 bits per heavy atom. The summed E-state index contributed by atoms with van der Waals surface area (Å²) >= 11 is 0. The maximum atomic E-state index is 7.07. The van der Waals surface area contributed by atoms with Crippen LogP contribution < -0.4 is 9.80 Å². The highest BCUT2D eigenvalue weighted by molar-refractivity contribution is 6.25. The van der Waals surface area contributed by atoms with E-state index in [0.29, 0.717) is 0 Å². The Morgan fingerprint density at radius 3 is 1.28 bits per heavy atom. The SMILES string of the molecule is Cc1ccccc1N(c1ccc2cc3c(cc2c1)oc1c3ccc2oc3cc4cc(N(c5ccccc5C)c5cccc6c7ccccc7n(-c7ccccc7)c56)ccc4cc3c21)c1cccc2c3ccccc3n(-c3ccccc3)c12. The highest BCUT2D eigenvalue weighted by Crippen LogP contribution is 2.49. The van der Waals surface area contributed by atoms with Crippen molar-refractivity contribution in [3.63, 3.8) is 0 Å². The number of anilines is 6. The van der Waals surface area contributed by atoms with Gasteiger partial charge in [0, 0.05) is 71.8 Å². The van der Waals surface area contributed by atoms with Gasteiger partial charge in [0.15, 0.2) is 0 Å². The zero-order valence-corrected chi connectivity index (χ0v) is 45.0. The van der Waals surface area contributed by atoms with Gasteiger partial charge in [-0.2, -0.15) is 0 Å². The van der Waals surface area contributed by atoms with Crippen molar-refractivity contribution in [2.45, 2.75) is 13.8 Å². The third-order valence-corrected chi connectivity index (χ3v) is 17.0. The number of para-hydroxylation sites is 8. The molecule has 13 aromatic carbocycles. The van der Waals surface area contributed by atoms with Crippen LogP contribution in [0.1, 0.15) is 11.1 Å². The molecule has 0 bridgehead atoms. The third-order valence-electron chi connectivity index (χ3n) is 17.0. The monoisotopic (exact) mass is 1050 g/mol. The van der Waals surface area contributed by atoms with Crippen LogP contribution in [0.25, 0.3) is 120 Å². The number of fused-ring (bicyclic) bond motifs is 15. The minimum Gasteiger partial charge on any atom is -0.456 e.